The molecule has 0 bridgehead atoms. The second-order valence-electron chi connectivity index (χ2n) is 4.07. The average Bonchev–Trinajstić information content (AvgIpc) is 2.53. The smallest absolute Gasteiger partial charge is 0.267 e. The number of benzene rings is 2. The standard InChI is InChI=1S/C16H14N2O2/c1-2-12-8-6-7-11-14(12)16(20)18-17-15(19)13-9-4-3-5-10-13/h2-11H,1H2,(H,17,19)(H,18,20). The Labute approximate surface area is 117 Å². The number of carbonyl (C=O) groups excluding carboxylic acids is 2. The zero-order valence-corrected chi connectivity index (χ0v) is 10.8. The Morgan fingerprint density at radius 1 is 0.850 bits per heavy atom. The van der Waals surface area contributed by atoms with E-state index in [4.69, 9.17) is 0 Å². The molecule has 2 aromatic carbocycles. The summed E-state index contributed by atoms with van der Waals surface area (Å²) < 4.78 is 0. The maximum atomic E-state index is 12.0. The van der Waals surface area contributed by atoms with Gasteiger partial charge in [-0.15, -0.1) is 0 Å². The number of hydrazine groups is 1. The lowest BCUT2D eigenvalue weighted by Crippen LogP contribution is -2.41. The Morgan fingerprint density at radius 3 is 2.15 bits per heavy atom. The van der Waals surface area contributed by atoms with Crippen molar-refractivity contribution < 1.29 is 9.59 Å². The fourth-order valence-electron chi connectivity index (χ4n) is 1.72. The third-order valence-electron chi connectivity index (χ3n) is 2.75. The van der Waals surface area contributed by atoms with Gasteiger partial charge in [-0.2, -0.15) is 0 Å². The van der Waals surface area contributed by atoms with Gasteiger partial charge < -0.3 is 0 Å². The summed E-state index contributed by atoms with van der Waals surface area (Å²) in [5.74, 6) is -0.750. The lowest BCUT2D eigenvalue weighted by Gasteiger charge is -2.09. The van der Waals surface area contributed by atoms with Crippen LogP contribution in [-0.2, 0) is 0 Å². The van der Waals surface area contributed by atoms with Gasteiger partial charge in [-0.3, -0.25) is 20.4 Å². The Hall–Kier alpha value is -2.88. The van der Waals surface area contributed by atoms with Crippen molar-refractivity contribution in [1.29, 1.82) is 0 Å². The number of nitrogens with one attached hydrogen (secondary N) is 2. The van der Waals surface area contributed by atoms with Gasteiger partial charge >= 0.3 is 0 Å². The van der Waals surface area contributed by atoms with Crippen molar-refractivity contribution >= 4 is 17.9 Å². The molecule has 0 heterocycles. The summed E-state index contributed by atoms with van der Waals surface area (Å²) in [6.45, 7) is 3.65. The fourth-order valence-corrected chi connectivity index (χ4v) is 1.72. The maximum Gasteiger partial charge on any atom is 0.270 e. The molecule has 2 aromatic rings. The highest BCUT2D eigenvalue weighted by atomic mass is 16.2. The zero-order chi connectivity index (χ0) is 14.4. The highest BCUT2D eigenvalue weighted by Gasteiger charge is 2.10. The fraction of sp³-hybridized carbons (Fsp3) is 0. The van der Waals surface area contributed by atoms with Crippen LogP contribution in [0.15, 0.2) is 61.2 Å². The van der Waals surface area contributed by atoms with E-state index in [2.05, 4.69) is 17.4 Å². The van der Waals surface area contributed by atoms with Crippen molar-refractivity contribution in [2.45, 2.75) is 0 Å². The van der Waals surface area contributed by atoms with Crippen LogP contribution in [-0.4, -0.2) is 11.8 Å². The molecule has 2 amide bonds. The molecule has 4 heteroatoms. The molecule has 2 rings (SSSR count). The molecule has 0 atom stereocenters. The van der Waals surface area contributed by atoms with Gasteiger partial charge in [-0.1, -0.05) is 49.1 Å². The summed E-state index contributed by atoms with van der Waals surface area (Å²) >= 11 is 0. The van der Waals surface area contributed by atoms with Gasteiger partial charge in [0.2, 0.25) is 0 Å². The minimum Gasteiger partial charge on any atom is -0.267 e. The molecule has 4 nitrogen and oxygen atoms in total. The van der Waals surface area contributed by atoms with Crippen molar-refractivity contribution in [2.75, 3.05) is 0 Å². The first-order valence-electron chi connectivity index (χ1n) is 6.09. The van der Waals surface area contributed by atoms with E-state index in [9.17, 15) is 9.59 Å². The molecule has 0 spiro atoms. The van der Waals surface area contributed by atoms with E-state index in [0.717, 1.165) is 0 Å². The van der Waals surface area contributed by atoms with E-state index >= 15 is 0 Å². The summed E-state index contributed by atoms with van der Waals surface area (Å²) in [5.41, 5.74) is 6.40. The van der Waals surface area contributed by atoms with Gasteiger partial charge in [0.1, 0.15) is 0 Å². The summed E-state index contributed by atoms with van der Waals surface area (Å²) in [5, 5.41) is 0. The first kappa shape index (κ1) is 13.5. The van der Waals surface area contributed by atoms with Gasteiger partial charge in [0.15, 0.2) is 0 Å². The third kappa shape index (κ3) is 3.11. The van der Waals surface area contributed by atoms with Gasteiger partial charge in [0.25, 0.3) is 11.8 Å². The van der Waals surface area contributed by atoms with E-state index < -0.39 is 0 Å². The van der Waals surface area contributed by atoms with E-state index in [1.807, 2.05) is 12.1 Å². The molecule has 2 N–H and O–H groups in total. The lowest BCUT2D eigenvalue weighted by atomic mass is 10.1. The van der Waals surface area contributed by atoms with Crippen LogP contribution in [0.3, 0.4) is 0 Å². The maximum absolute atomic E-state index is 12.0. The largest absolute Gasteiger partial charge is 0.270 e. The molecule has 0 aliphatic heterocycles. The second kappa shape index (κ2) is 6.33. The highest BCUT2D eigenvalue weighted by molar-refractivity contribution is 6.00. The number of hydrogen-bond donors (Lipinski definition) is 2. The molecule has 0 aromatic heterocycles. The summed E-state index contributed by atoms with van der Waals surface area (Å²) in [6.07, 6.45) is 1.59. The normalized spacial score (nSPS) is 9.60. The van der Waals surface area contributed by atoms with Crippen LogP contribution < -0.4 is 10.9 Å². The van der Waals surface area contributed by atoms with E-state index in [-0.39, 0.29) is 11.8 Å². The SMILES string of the molecule is C=Cc1ccccc1C(=O)NNC(=O)c1ccccc1. The minimum atomic E-state index is -0.384. The predicted molar refractivity (Wildman–Crippen MR) is 77.9 cm³/mol. The van der Waals surface area contributed by atoms with Crippen LogP contribution in [0.5, 0.6) is 0 Å². The van der Waals surface area contributed by atoms with Crippen LogP contribution in [0.4, 0.5) is 0 Å². The molecule has 0 aliphatic carbocycles. The zero-order valence-electron chi connectivity index (χ0n) is 10.8. The molecular weight excluding hydrogens is 252 g/mol. The monoisotopic (exact) mass is 266 g/mol. The van der Waals surface area contributed by atoms with E-state index in [0.29, 0.717) is 16.7 Å². The molecule has 0 aliphatic rings. The van der Waals surface area contributed by atoms with Crippen LogP contribution in [0, 0.1) is 0 Å². The third-order valence-corrected chi connectivity index (χ3v) is 2.75. The molecule has 0 radical (unpaired) electrons. The first-order valence-corrected chi connectivity index (χ1v) is 6.09. The number of hydrogen-bond acceptors (Lipinski definition) is 2. The molecular formula is C16H14N2O2. The average molecular weight is 266 g/mol. The minimum absolute atomic E-state index is 0.366. The molecule has 0 fully saturated rings. The van der Waals surface area contributed by atoms with E-state index in [1.54, 1.807) is 48.5 Å². The quantitative estimate of drug-likeness (QED) is 0.838. The van der Waals surface area contributed by atoms with Crippen molar-refractivity contribution in [1.82, 2.24) is 10.9 Å². The van der Waals surface area contributed by atoms with Crippen LogP contribution in [0.1, 0.15) is 26.3 Å². The second-order valence-corrected chi connectivity index (χ2v) is 4.07. The van der Waals surface area contributed by atoms with Gasteiger partial charge in [0, 0.05) is 11.1 Å². The summed E-state index contributed by atoms with van der Waals surface area (Å²) in [7, 11) is 0. The van der Waals surface area contributed by atoms with Crippen LogP contribution >= 0.6 is 0 Å². The van der Waals surface area contributed by atoms with Crippen molar-refractivity contribution in [2.24, 2.45) is 0 Å². The van der Waals surface area contributed by atoms with Gasteiger partial charge in [-0.25, -0.2) is 0 Å². The molecule has 20 heavy (non-hydrogen) atoms. The molecule has 0 saturated carbocycles. The Morgan fingerprint density at radius 2 is 1.45 bits per heavy atom. The van der Waals surface area contributed by atoms with Gasteiger partial charge in [-0.05, 0) is 23.8 Å². The van der Waals surface area contributed by atoms with Gasteiger partial charge in [0.05, 0.1) is 0 Å². The number of carbonyl (C=O) groups is 2. The Kier molecular flexibility index (Phi) is 4.29. The highest BCUT2D eigenvalue weighted by Crippen LogP contribution is 2.09. The summed E-state index contributed by atoms with van der Waals surface area (Å²) in [4.78, 5) is 23.8. The van der Waals surface area contributed by atoms with Crippen LogP contribution in [0.25, 0.3) is 6.08 Å². The molecule has 100 valence electrons. The van der Waals surface area contributed by atoms with Crippen LogP contribution in [0.2, 0.25) is 0 Å². The number of rotatable bonds is 3. The Bertz CT molecular complexity index is 636. The van der Waals surface area contributed by atoms with E-state index in [1.165, 1.54) is 0 Å². The Balaban J connectivity index is 2.02. The topological polar surface area (TPSA) is 58.2 Å². The first-order chi connectivity index (χ1) is 9.72. The number of amides is 2. The van der Waals surface area contributed by atoms with Crippen molar-refractivity contribution in [3.8, 4) is 0 Å². The summed E-state index contributed by atoms with van der Waals surface area (Å²) in [6, 6.07) is 15.7. The lowest BCUT2D eigenvalue weighted by molar-refractivity contribution is 0.0846. The van der Waals surface area contributed by atoms with Crippen molar-refractivity contribution in [3.05, 3.63) is 77.9 Å². The molecule has 0 saturated heterocycles. The molecule has 0 unspecified atom stereocenters. The van der Waals surface area contributed by atoms with Crippen molar-refractivity contribution in [3.63, 3.8) is 0 Å². The predicted octanol–water partition coefficient (Wildman–Crippen LogP) is 2.40.